The third-order valence-corrected chi connectivity index (χ3v) is 9.45. The average Bonchev–Trinajstić information content (AvgIpc) is 3.12. The van der Waals surface area contributed by atoms with Gasteiger partial charge in [0.05, 0.1) is 24.8 Å². The van der Waals surface area contributed by atoms with Crippen molar-refractivity contribution in [3.05, 3.63) is 42.0 Å². The first-order valence-electron chi connectivity index (χ1n) is 8.28. The molecule has 1 aliphatic heterocycles. The van der Waals surface area contributed by atoms with E-state index < -0.39 is 8.32 Å². The van der Waals surface area contributed by atoms with E-state index in [1.165, 1.54) is 0 Å². The Morgan fingerprint density at radius 1 is 1.21 bits per heavy atom. The van der Waals surface area contributed by atoms with Crippen LogP contribution >= 0.6 is 0 Å². The van der Waals surface area contributed by atoms with Crippen molar-refractivity contribution >= 4 is 8.32 Å². The van der Waals surface area contributed by atoms with Crippen LogP contribution < -0.4 is 9.47 Å². The quantitative estimate of drug-likeness (QED) is 0.762. The number of hydrogen-bond acceptors (Lipinski definition) is 4. The Bertz CT molecular complexity index is 719. The van der Waals surface area contributed by atoms with Crippen molar-refractivity contribution < 1.29 is 13.9 Å². The molecule has 0 bridgehead atoms. The van der Waals surface area contributed by atoms with Gasteiger partial charge >= 0.3 is 0 Å². The lowest BCUT2D eigenvalue weighted by Crippen LogP contribution is -2.40. The van der Waals surface area contributed by atoms with Gasteiger partial charge in [0.25, 0.3) is 0 Å². The van der Waals surface area contributed by atoms with Crippen molar-refractivity contribution in [3.8, 4) is 11.5 Å². The molecule has 0 atom stereocenters. The minimum Gasteiger partial charge on any atom is -0.454 e. The molecule has 5 nitrogen and oxygen atoms in total. The predicted molar refractivity (Wildman–Crippen MR) is 95.9 cm³/mol. The first-order valence-corrected chi connectivity index (χ1v) is 11.2. The second-order valence-corrected chi connectivity index (χ2v) is 12.6. The van der Waals surface area contributed by atoms with E-state index in [1.807, 2.05) is 24.7 Å². The first-order chi connectivity index (χ1) is 11.3. The maximum atomic E-state index is 6.32. The zero-order chi connectivity index (χ0) is 17.4. The summed E-state index contributed by atoms with van der Waals surface area (Å²) in [6.07, 6.45) is 3.75. The average molecular weight is 347 g/mol. The second kappa shape index (κ2) is 6.26. The minimum atomic E-state index is -1.77. The Morgan fingerprint density at radius 2 is 1.96 bits per heavy atom. The van der Waals surface area contributed by atoms with Crippen molar-refractivity contribution in [2.75, 3.05) is 6.79 Å². The van der Waals surface area contributed by atoms with E-state index in [4.69, 9.17) is 13.9 Å². The minimum absolute atomic E-state index is 0.204. The highest BCUT2D eigenvalue weighted by Crippen LogP contribution is 2.37. The van der Waals surface area contributed by atoms with E-state index in [2.05, 4.69) is 49.5 Å². The Kier molecular flexibility index (Phi) is 4.44. The van der Waals surface area contributed by atoms with Crippen molar-refractivity contribution in [1.82, 2.24) is 9.55 Å². The number of rotatable bonds is 5. The monoisotopic (exact) mass is 346 g/mol. The van der Waals surface area contributed by atoms with Gasteiger partial charge in [-0.1, -0.05) is 26.8 Å². The van der Waals surface area contributed by atoms with Crippen LogP contribution in [0.3, 0.4) is 0 Å². The van der Waals surface area contributed by atoms with Crippen LogP contribution in [0.1, 0.15) is 32.0 Å². The highest BCUT2D eigenvalue weighted by molar-refractivity contribution is 6.74. The summed E-state index contributed by atoms with van der Waals surface area (Å²) < 4.78 is 19.3. The summed E-state index contributed by atoms with van der Waals surface area (Å²) in [4.78, 5) is 4.30. The SMILES string of the molecule is CC(C)(C)[Si](C)(C)OCc1cncn1Cc1ccc2c(c1)OCO2. The standard InChI is InChI=1S/C18H26N2O3Si/c1-18(2,3)24(4,5)23-11-15-9-19-12-20(15)10-14-6-7-16-17(8-14)22-13-21-16/h6-9,12H,10-11,13H2,1-5H3. The number of fused-ring (bicyclic) bond motifs is 1. The molecule has 0 saturated heterocycles. The molecule has 130 valence electrons. The van der Waals surface area contributed by atoms with Gasteiger partial charge in [0, 0.05) is 6.54 Å². The van der Waals surface area contributed by atoms with Gasteiger partial charge in [-0.25, -0.2) is 4.98 Å². The topological polar surface area (TPSA) is 45.5 Å². The summed E-state index contributed by atoms with van der Waals surface area (Å²) in [6.45, 7) is 12.9. The summed E-state index contributed by atoms with van der Waals surface area (Å²) in [5.74, 6) is 1.62. The molecule has 0 radical (unpaired) electrons. The van der Waals surface area contributed by atoms with Crippen LogP contribution in [0.25, 0.3) is 0 Å². The van der Waals surface area contributed by atoms with Gasteiger partial charge < -0.3 is 18.5 Å². The molecule has 0 fully saturated rings. The maximum Gasteiger partial charge on any atom is 0.231 e. The van der Waals surface area contributed by atoms with Gasteiger partial charge in [0.15, 0.2) is 19.8 Å². The number of hydrogen-bond donors (Lipinski definition) is 0. The van der Waals surface area contributed by atoms with E-state index in [0.29, 0.717) is 13.4 Å². The predicted octanol–water partition coefficient (Wildman–Crippen LogP) is 4.18. The Balaban J connectivity index is 1.70. The fraction of sp³-hybridized carbons (Fsp3) is 0.500. The maximum absolute atomic E-state index is 6.32. The number of ether oxygens (including phenoxy) is 2. The zero-order valence-corrected chi connectivity index (χ0v) is 16.1. The third kappa shape index (κ3) is 3.49. The number of nitrogens with zero attached hydrogens (tertiary/aromatic N) is 2. The first kappa shape index (κ1) is 17.0. The normalized spacial score (nSPS) is 14.2. The lowest BCUT2D eigenvalue weighted by Gasteiger charge is -2.36. The summed E-state index contributed by atoms with van der Waals surface area (Å²) >= 11 is 0. The fourth-order valence-electron chi connectivity index (χ4n) is 2.32. The van der Waals surface area contributed by atoms with Crippen LogP contribution in [-0.4, -0.2) is 24.7 Å². The van der Waals surface area contributed by atoms with Gasteiger partial charge in [-0.3, -0.25) is 0 Å². The lowest BCUT2D eigenvalue weighted by molar-refractivity contribution is 0.174. The highest BCUT2D eigenvalue weighted by atomic mass is 28.4. The summed E-state index contributed by atoms with van der Waals surface area (Å²) in [7, 11) is -1.77. The van der Waals surface area contributed by atoms with Gasteiger partial charge in [0.2, 0.25) is 6.79 Å². The van der Waals surface area contributed by atoms with Gasteiger partial charge in [-0.05, 0) is 35.8 Å². The largest absolute Gasteiger partial charge is 0.454 e. The van der Waals surface area contributed by atoms with E-state index in [0.717, 1.165) is 29.3 Å². The molecule has 2 heterocycles. The van der Waals surface area contributed by atoms with E-state index in [-0.39, 0.29) is 5.04 Å². The van der Waals surface area contributed by atoms with Crippen molar-refractivity contribution in [3.63, 3.8) is 0 Å². The summed E-state index contributed by atoms with van der Waals surface area (Å²) in [6, 6.07) is 6.05. The van der Waals surface area contributed by atoms with Crippen LogP contribution in [0.5, 0.6) is 11.5 Å². The molecule has 6 heteroatoms. The molecular weight excluding hydrogens is 320 g/mol. The molecule has 24 heavy (non-hydrogen) atoms. The third-order valence-electron chi connectivity index (χ3n) is 4.98. The van der Waals surface area contributed by atoms with Crippen LogP contribution in [0.15, 0.2) is 30.7 Å². The molecule has 3 rings (SSSR count). The van der Waals surface area contributed by atoms with Crippen LogP contribution in [0.4, 0.5) is 0 Å². The van der Waals surface area contributed by atoms with Gasteiger partial charge in [0.1, 0.15) is 0 Å². The van der Waals surface area contributed by atoms with Crippen molar-refractivity contribution in [2.24, 2.45) is 0 Å². The van der Waals surface area contributed by atoms with Gasteiger partial charge in [-0.15, -0.1) is 0 Å². The molecule has 0 spiro atoms. The van der Waals surface area contributed by atoms with Crippen molar-refractivity contribution in [2.45, 2.75) is 52.1 Å². The smallest absolute Gasteiger partial charge is 0.231 e. The molecule has 0 unspecified atom stereocenters. The molecule has 2 aromatic rings. The molecule has 1 aromatic carbocycles. The number of aromatic nitrogens is 2. The summed E-state index contributed by atoms with van der Waals surface area (Å²) in [5.41, 5.74) is 2.25. The molecule has 1 aliphatic rings. The number of imidazole rings is 1. The number of benzene rings is 1. The summed E-state index contributed by atoms with van der Waals surface area (Å²) in [5, 5.41) is 0.204. The van der Waals surface area contributed by atoms with Crippen LogP contribution in [0.2, 0.25) is 18.1 Å². The Labute approximate surface area is 144 Å². The highest BCUT2D eigenvalue weighted by Gasteiger charge is 2.37. The van der Waals surface area contributed by atoms with Gasteiger partial charge in [-0.2, -0.15) is 0 Å². The molecule has 0 aliphatic carbocycles. The second-order valence-electron chi connectivity index (χ2n) is 7.75. The van der Waals surface area contributed by atoms with E-state index >= 15 is 0 Å². The Hall–Kier alpha value is -1.79. The van der Waals surface area contributed by atoms with E-state index in [1.54, 1.807) is 0 Å². The molecular formula is C18H26N2O3Si. The molecule has 0 amide bonds. The lowest BCUT2D eigenvalue weighted by atomic mass is 10.2. The fourth-order valence-corrected chi connectivity index (χ4v) is 3.26. The molecule has 0 N–H and O–H groups in total. The molecule has 0 saturated carbocycles. The van der Waals surface area contributed by atoms with Crippen molar-refractivity contribution in [1.29, 1.82) is 0 Å². The molecule has 1 aromatic heterocycles. The van der Waals surface area contributed by atoms with Crippen LogP contribution in [-0.2, 0) is 17.6 Å². The zero-order valence-electron chi connectivity index (χ0n) is 15.1. The Morgan fingerprint density at radius 3 is 2.71 bits per heavy atom. The van der Waals surface area contributed by atoms with Crippen LogP contribution in [0, 0.1) is 0 Å². The van der Waals surface area contributed by atoms with E-state index in [9.17, 15) is 0 Å².